The minimum Gasteiger partial charge on any atom is -0.462 e. The molecule has 0 aliphatic carbocycles. The molecule has 0 unspecified atom stereocenters. The molecule has 0 saturated heterocycles. The highest BCUT2D eigenvalue weighted by molar-refractivity contribution is 6.26. The number of nitrogens with one attached hydrogen (secondary N) is 1. The fraction of sp³-hybridized carbons (Fsp3) is 0.174. The van der Waals surface area contributed by atoms with E-state index in [1.54, 1.807) is 38.1 Å². The second-order valence-corrected chi connectivity index (χ2v) is 6.82. The molecular weight excluding hydrogens is 368 g/mol. The van der Waals surface area contributed by atoms with Gasteiger partial charge in [0.15, 0.2) is 0 Å². The zero-order chi connectivity index (χ0) is 20.5. The third-order valence-corrected chi connectivity index (χ3v) is 5.05. The molecule has 0 fully saturated rings. The minimum atomic E-state index is -0.432. The summed E-state index contributed by atoms with van der Waals surface area (Å²) < 4.78 is 5.05. The third kappa shape index (κ3) is 3.23. The predicted molar refractivity (Wildman–Crippen MR) is 111 cm³/mol. The summed E-state index contributed by atoms with van der Waals surface area (Å²) in [6.07, 6.45) is 0. The van der Waals surface area contributed by atoms with Crippen LogP contribution in [0.15, 0.2) is 54.6 Å². The van der Waals surface area contributed by atoms with Crippen molar-refractivity contribution in [2.24, 2.45) is 0 Å². The van der Waals surface area contributed by atoms with Crippen LogP contribution in [0.5, 0.6) is 0 Å². The third-order valence-electron chi connectivity index (χ3n) is 5.05. The molecule has 6 nitrogen and oxygen atoms in total. The van der Waals surface area contributed by atoms with Gasteiger partial charge in [-0.25, -0.2) is 4.79 Å². The molecule has 146 valence electrons. The average molecular weight is 388 g/mol. The van der Waals surface area contributed by atoms with Crippen LogP contribution in [0.4, 0.5) is 11.4 Å². The number of nitrogens with zero attached hydrogens (tertiary/aromatic N) is 1. The molecule has 1 N–H and O–H groups in total. The van der Waals surface area contributed by atoms with Crippen molar-refractivity contribution in [3.63, 3.8) is 0 Å². The van der Waals surface area contributed by atoms with Crippen LogP contribution >= 0.6 is 0 Å². The molecule has 1 heterocycles. The molecule has 29 heavy (non-hydrogen) atoms. The van der Waals surface area contributed by atoms with E-state index in [1.165, 1.54) is 4.90 Å². The van der Waals surface area contributed by atoms with Gasteiger partial charge in [-0.05, 0) is 49.1 Å². The number of esters is 1. The molecule has 0 bridgehead atoms. The van der Waals surface area contributed by atoms with Crippen LogP contribution in [-0.4, -0.2) is 30.9 Å². The number of rotatable bonds is 5. The molecule has 0 aromatic heterocycles. The van der Waals surface area contributed by atoms with Crippen molar-refractivity contribution in [3.05, 3.63) is 71.3 Å². The Bertz CT molecular complexity index is 1150. The lowest BCUT2D eigenvalue weighted by molar-refractivity contribution is -0.114. The Labute approximate surface area is 168 Å². The number of carbonyl (C=O) groups excluding carboxylic acids is 3. The largest absolute Gasteiger partial charge is 0.462 e. The molecular formula is C23H20N2O4. The Balaban J connectivity index is 1.56. The van der Waals surface area contributed by atoms with Crippen molar-refractivity contribution < 1.29 is 19.1 Å². The maximum Gasteiger partial charge on any atom is 0.338 e. The van der Waals surface area contributed by atoms with Crippen LogP contribution < -0.4 is 10.2 Å². The SMILES string of the molecule is CCOC(=O)c1cccc(NC(=O)CN2C(=O)c3cccc4cccc2c34)c1C. The molecule has 1 aliphatic rings. The lowest BCUT2D eigenvalue weighted by Crippen LogP contribution is -2.35. The summed E-state index contributed by atoms with van der Waals surface area (Å²) in [6, 6.07) is 16.3. The topological polar surface area (TPSA) is 75.7 Å². The Kier molecular flexibility index (Phi) is 4.76. The summed E-state index contributed by atoms with van der Waals surface area (Å²) in [5.74, 6) is -0.964. The highest BCUT2D eigenvalue weighted by atomic mass is 16.5. The summed E-state index contributed by atoms with van der Waals surface area (Å²) in [5, 5.41) is 4.65. The van der Waals surface area contributed by atoms with Crippen molar-refractivity contribution in [1.82, 2.24) is 0 Å². The maximum absolute atomic E-state index is 12.8. The first kappa shape index (κ1) is 18.7. The fourth-order valence-electron chi connectivity index (χ4n) is 3.67. The van der Waals surface area contributed by atoms with Crippen molar-refractivity contribution in [2.75, 3.05) is 23.4 Å². The molecule has 3 aromatic rings. The fourth-order valence-corrected chi connectivity index (χ4v) is 3.67. The first-order valence-electron chi connectivity index (χ1n) is 9.41. The quantitative estimate of drug-likeness (QED) is 0.672. The van der Waals surface area contributed by atoms with E-state index in [4.69, 9.17) is 4.74 Å². The lowest BCUT2D eigenvalue weighted by Gasteiger charge is -2.18. The minimum absolute atomic E-state index is 0.115. The van der Waals surface area contributed by atoms with Crippen LogP contribution in [0.3, 0.4) is 0 Å². The zero-order valence-electron chi connectivity index (χ0n) is 16.2. The number of benzene rings is 3. The van der Waals surface area contributed by atoms with E-state index in [-0.39, 0.29) is 25.0 Å². The van der Waals surface area contributed by atoms with Crippen molar-refractivity contribution in [1.29, 1.82) is 0 Å². The smallest absolute Gasteiger partial charge is 0.338 e. The number of anilines is 2. The van der Waals surface area contributed by atoms with Gasteiger partial charge >= 0.3 is 5.97 Å². The summed E-state index contributed by atoms with van der Waals surface area (Å²) in [4.78, 5) is 39.1. The van der Waals surface area contributed by atoms with Gasteiger partial charge in [0.1, 0.15) is 6.54 Å². The monoisotopic (exact) mass is 388 g/mol. The van der Waals surface area contributed by atoms with E-state index >= 15 is 0 Å². The number of ether oxygens (including phenoxy) is 1. The van der Waals surface area contributed by atoms with Gasteiger partial charge in [0.05, 0.1) is 17.9 Å². The second-order valence-electron chi connectivity index (χ2n) is 6.82. The Morgan fingerprint density at radius 3 is 2.52 bits per heavy atom. The van der Waals surface area contributed by atoms with Crippen LogP contribution in [-0.2, 0) is 9.53 Å². The van der Waals surface area contributed by atoms with Crippen molar-refractivity contribution >= 4 is 39.9 Å². The summed E-state index contributed by atoms with van der Waals surface area (Å²) in [5.41, 5.74) is 2.88. The Hall–Kier alpha value is -3.67. The van der Waals surface area contributed by atoms with Crippen molar-refractivity contribution in [2.45, 2.75) is 13.8 Å². The number of hydrogen-bond donors (Lipinski definition) is 1. The van der Waals surface area contributed by atoms with Crippen molar-refractivity contribution in [3.8, 4) is 0 Å². The highest BCUT2D eigenvalue weighted by Crippen LogP contribution is 2.37. The summed E-state index contributed by atoms with van der Waals surface area (Å²) in [6.45, 7) is 3.65. The Morgan fingerprint density at radius 1 is 1.03 bits per heavy atom. The zero-order valence-corrected chi connectivity index (χ0v) is 16.2. The molecule has 3 aromatic carbocycles. The number of amides is 2. The molecule has 2 amide bonds. The molecule has 6 heteroatoms. The van der Waals surface area contributed by atoms with Gasteiger partial charge in [-0.2, -0.15) is 0 Å². The molecule has 0 radical (unpaired) electrons. The first-order valence-corrected chi connectivity index (χ1v) is 9.41. The first-order chi connectivity index (χ1) is 14.0. The molecule has 1 aliphatic heterocycles. The van der Waals surface area contributed by atoms with Gasteiger partial charge in [0.25, 0.3) is 5.91 Å². The van der Waals surface area contributed by atoms with E-state index in [0.29, 0.717) is 22.4 Å². The van der Waals surface area contributed by atoms with Gasteiger partial charge in [-0.15, -0.1) is 0 Å². The number of hydrogen-bond acceptors (Lipinski definition) is 4. The number of carbonyl (C=O) groups is 3. The highest BCUT2D eigenvalue weighted by Gasteiger charge is 2.31. The van der Waals surface area contributed by atoms with E-state index < -0.39 is 5.97 Å². The summed E-state index contributed by atoms with van der Waals surface area (Å²) in [7, 11) is 0. The van der Waals surface area contributed by atoms with Gasteiger partial charge in [0, 0.05) is 16.6 Å². The molecule has 0 spiro atoms. The van der Waals surface area contributed by atoms with Gasteiger partial charge in [-0.1, -0.05) is 30.3 Å². The van der Waals surface area contributed by atoms with E-state index in [9.17, 15) is 14.4 Å². The van der Waals surface area contributed by atoms with Crippen LogP contribution in [0.2, 0.25) is 0 Å². The van der Waals surface area contributed by atoms with Crippen LogP contribution in [0.1, 0.15) is 33.2 Å². The standard InChI is InChI=1S/C23H20N2O4/c1-3-29-23(28)16-9-6-11-18(14(16)2)24-20(26)13-25-19-12-5-8-15-7-4-10-17(21(15)19)22(25)27/h4-12H,3,13H2,1-2H3,(H,24,26). The van der Waals surface area contributed by atoms with Gasteiger partial charge < -0.3 is 10.1 Å². The van der Waals surface area contributed by atoms with E-state index in [1.807, 2.05) is 30.3 Å². The van der Waals surface area contributed by atoms with Crippen LogP contribution in [0, 0.1) is 6.92 Å². The van der Waals surface area contributed by atoms with E-state index in [2.05, 4.69) is 5.32 Å². The molecule has 4 rings (SSSR count). The summed E-state index contributed by atoms with van der Waals surface area (Å²) >= 11 is 0. The Morgan fingerprint density at radius 2 is 1.76 bits per heavy atom. The average Bonchev–Trinajstić information content (AvgIpc) is 2.98. The normalized spacial score (nSPS) is 12.3. The molecule has 0 saturated carbocycles. The maximum atomic E-state index is 12.8. The van der Waals surface area contributed by atoms with Crippen LogP contribution in [0.25, 0.3) is 10.8 Å². The van der Waals surface area contributed by atoms with Gasteiger partial charge in [-0.3, -0.25) is 14.5 Å². The second kappa shape index (κ2) is 7.39. The lowest BCUT2D eigenvalue weighted by atomic mass is 10.1. The van der Waals surface area contributed by atoms with Gasteiger partial charge in [0.2, 0.25) is 5.91 Å². The molecule has 0 atom stereocenters. The predicted octanol–water partition coefficient (Wildman–Crippen LogP) is 3.92. The van der Waals surface area contributed by atoms with E-state index in [0.717, 1.165) is 16.5 Å².